The number of carbonyl (C=O) groups excluding carboxylic acids is 1. The molecule has 6 nitrogen and oxygen atoms in total. The quantitative estimate of drug-likeness (QED) is 0.674. The van der Waals surface area contributed by atoms with Crippen LogP contribution in [0.1, 0.15) is 24.1 Å². The van der Waals surface area contributed by atoms with Gasteiger partial charge in [0.15, 0.2) is 0 Å². The number of halogens is 2. The van der Waals surface area contributed by atoms with Gasteiger partial charge in [0, 0.05) is 22.7 Å². The van der Waals surface area contributed by atoms with Crippen molar-refractivity contribution in [3.05, 3.63) is 75.8 Å². The van der Waals surface area contributed by atoms with Gasteiger partial charge in [-0.15, -0.1) is 5.10 Å². The van der Waals surface area contributed by atoms with Crippen molar-refractivity contribution in [2.45, 2.75) is 13.0 Å². The summed E-state index contributed by atoms with van der Waals surface area (Å²) in [6, 6.07) is 14.8. The van der Waals surface area contributed by atoms with Crippen LogP contribution in [0, 0.1) is 0 Å². The molecular formula is C19H15Cl2N5O. The van der Waals surface area contributed by atoms with E-state index in [4.69, 9.17) is 23.2 Å². The number of carbonyl (C=O) groups is 1. The van der Waals surface area contributed by atoms with Crippen LogP contribution in [0.2, 0.25) is 10.0 Å². The van der Waals surface area contributed by atoms with Gasteiger partial charge in [-0.25, -0.2) is 4.68 Å². The molecule has 8 heteroatoms. The number of rotatable bonds is 3. The van der Waals surface area contributed by atoms with Gasteiger partial charge in [-0.1, -0.05) is 53.5 Å². The number of hydrogen-bond acceptors (Lipinski definition) is 4. The molecule has 0 spiro atoms. The smallest absolute Gasteiger partial charge is 0.250 e. The third kappa shape index (κ3) is 3.54. The lowest BCUT2D eigenvalue weighted by atomic mass is 10.0. The minimum absolute atomic E-state index is 0.229. The Balaban J connectivity index is 1.82. The van der Waals surface area contributed by atoms with Gasteiger partial charge in [-0.05, 0) is 35.4 Å². The summed E-state index contributed by atoms with van der Waals surface area (Å²) in [4.78, 5) is 15.8. The molecule has 0 radical (unpaired) electrons. The van der Waals surface area contributed by atoms with Crippen molar-refractivity contribution in [1.82, 2.24) is 14.8 Å². The van der Waals surface area contributed by atoms with Crippen molar-refractivity contribution >= 4 is 46.7 Å². The largest absolute Gasteiger partial charge is 0.324 e. The zero-order valence-electron chi connectivity index (χ0n) is 14.3. The highest BCUT2D eigenvalue weighted by molar-refractivity contribution is 6.31. The van der Waals surface area contributed by atoms with E-state index < -0.39 is 0 Å². The molecule has 2 heterocycles. The third-order valence-electron chi connectivity index (χ3n) is 4.13. The zero-order chi connectivity index (χ0) is 19.0. The Hall–Kier alpha value is -2.83. The number of hydrogen-bond donors (Lipinski definition) is 2. The second-order valence-corrected chi connectivity index (χ2v) is 6.91. The van der Waals surface area contributed by atoms with E-state index in [2.05, 4.69) is 20.7 Å². The van der Waals surface area contributed by atoms with Crippen LogP contribution >= 0.6 is 23.2 Å². The first-order valence-corrected chi connectivity index (χ1v) is 9.00. The Labute approximate surface area is 165 Å². The van der Waals surface area contributed by atoms with Crippen LogP contribution in [0.5, 0.6) is 0 Å². The third-order valence-corrected chi connectivity index (χ3v) is 4.73. The van der Waals surface area contributed by atoms with Gasteiger partial charge in [0.1, 0.15) is 6.04 Å². The molecule has 1 aliphatic heterocycles. The number of amides is 1. The molecule has 0 saturated heterocycles. The average Bonchev–Trinajstić information content (AvgIpc) is 3.03. The average molecular weight is 400 g/mol. The second kappa shape index (κ2) is 7.06. The van der Waals surface area contributed by atoms with E-state index in [0.29, 0.717) is 16.0 Å². The predicted octanol–water partition coefficient (Wildman–Crippen LogP) is 4.60. The highest BCUT2D eigenvalue weighted by atomic mass is 35.5. The van der Waals surface area contributed by atoms with Gasteiger partial charge in [-0.2, -0.15) is 4.98 Å². The number of benzene rings is 2. The van der Waals surface area contributed by atoms with Crippen molar-refractivity contribution in [2.75, 3.05) is 10.6 Å². The van der Waals surface area contributed by atoms with Crippen molar-refractivity contribution < 1.29 is 4.79 Å². The standard InChI is InChI=1S/C19H15Cl2N5O/c1-11(27)22-18-24-19-23-16(12-6-8-13(20)9-7-12)10-17(26(19)25-18)14-4-2-3-5-15(14)21/h2-10,17H,1H3,(H2,22,23,24,25,27). The lowest BCUT2D eigenvalue weighted by Crippen LogP contribution is -2.20. The minimum Gasteiger partial charge on any atom is -0.324 e. The number of anilines is 2. The Bertz CT molecular complexity index is 1040. The van der Waals surface area contributed by atoms with Crippen molar-refractivity contribution in [3.63, 3.8) is 0 Å². The summed E-state index contributed by atoms with van der Waals surface area (Å²) in [5.74, 6) is 0.502. The van der Waals surface area contributed by atoms with Gasteiger partial charge in [0.25, 0.3) is 5.95 Å². The molecular weight excluding hydrogens is 385 g/mol. The van der Waals surface area contributed by atoms with Crippen molar-refractivity contribution in [2.24, 2.45) is 0 Å². The Kier molecular flexibility index (Phi) is 4.59. The Morgan fingerprint density at radius 2 is 1.89 bits per heavy atom. The SMILES string of the molecule is CC(=O)Nc1nc2n(n1)C(c1ccccc1Cl)C=C(c1ccc(Cl)cc1)N2. The molecule has 1 aromatic heterocycles. The van der Waals surface area contributed by atoms with Crippen LogP contribution in [0.3, 0.4) is 0 Å². The van der Waals surface area contributed by atoms with Gasteiger partial charge in [0.2, 0.25) is 11.9 Å². The molecule has 2 aromatic carbocycles. The summed E-state index contributed by atoms with van der Waals surface area (Å²) in [5.41, 5.74) is 2.69. The molecule has 1 amide bonds. The number of fused-ring (bicyclic) bond motifs is 1. The maximum Gasteiger partial charge on any atom is 0.250 e. The van der Waals surface area contributed by atoms with E-state index >= 15 is 0 Å². The maximum absolute atomic E-state index is 11.4. The van der Waals surface area contributed by atoms with Gasteiger partial charge in [-0.3, -0.25) is 10.1 Å². The van der Waals surface area contributed by atoms with E-state index in [-0.39, 0.29) is 17.9 Å². The van der Waals surface area contributed by atoms with Crippen LogP contribution in [0.4, 0.5) is 11.9 Å². The van der Waals surface area contributed by atoms with Crippen molar-refractivity contribution in [3.8, 4) is 0 Å². The molecule has 0 fully saturated rings. The molecule has 3 aromatic rings. The Morgan fingerprint density at radius 1 is 1.15 bits per heavy atom. The zero-order valence-corrected chi connectivity index (χ0v) is 15.8. The van der Waals surface area contributed by atoms with Crippen LogP contribution in [0.15, 0.2) is 54.6 Å². The first-order valence-electron chi connectivity index (χ1n) is 8.24. The number of nitrogens with zero attached hydrogens (tertiary/aromatic N) is 3. The summed E-state index contributed by atoms with van der Waals surface area (Å²) in [5, 5.41) is 11.6. The normalized spacial score (nSPS) is 15.5. The Morgan fingerprint density at radius 3 is 2.59 bits per heavy atom. The molecule has 2 N–H and O–H groups in total. The molecule has 0 bridgehead atoms. The van der Waals surface area contributed by atoms with Crippen LogP contribution in [-0.2, 0) is 4.79 Å². The molecule has 0 aliphatic carbocycles. The molecule has 1 unspecified atom stereocenters. The summed E-state index contributed by atoms with van der Waals surface area (Å²) in [7, 11) is 0. The molecule has 4 rings (SSSR count). The molecule has 1 atom stereocenters. The molecule has 1 aliphatic rings. The van der Waals surface area contributed by atoms with E-state index in [9.17, 15) is 4.79 Å². The summed E-state index contributed by atoms with van der Waals surface area (Å²) in [6.45, 7) is 1.41. The van der Waals surface area contributed by atoms with Gasteiger partial charge < -0.3 is 5.32 Å². The first-order chi connectivity index (χ1) is 13.0. The lowest BCUT2D eigenvalue weighted by Gasteiger charge is -2.24. The van der Waals surface area contributed by atoms with Crippen LogP contribution < -0.4 is 10.6 Å². The molecule has 136 valence electrons. The maximum atomic E-state index is 11.4. The first kappa shape index (κ1) is 17.6. The number of aromatic nitrogens is 3. The minimum atomic E-state index is -0.282. The van der Waals surface area contributed by atoms with E-state index in [1.54, 1.807) is 4.68 Å². The van der Waals surface area contributed by atoms with Gasteiger partial charge in [0.05, 0.1) is 0 Å². The number of allylic oxidation sites excluding steroid dienone is 1. The second-order valence-electron chi connectivity index (χ2n) is 6.06. The van der Waals surface area contributed by atoms with E-state index in [0.717, 1.165) is 16.8 Å². The summed E-state index contributed by atoms with van der Waals surface area (Å²) < 4.78 is 1.70. The number of nitrogens with one attached hydrogen (secondary N) is 2. The fourth-order valence-corrected chi connectivity index (χ4v) is 3.31. The van der Waals surface area contributed by atoms with Crippen LogP contribution in [0.25, 0.3) is 5.70 Å². The monoisotopic (exact) mass is 399 g/mol. The molecule has 0 saturated carbocycles. The highest BCUT2D eigenvalue weighted by Crippen LogP contribution is 2.36. The summed E-state index contributed by atoms with van der Waals surface area (Å²) in [6.07, 6.45) is 2.02. The van der Waals surface area contributed by atoms with Crippen LogP contribution in [-0.4, -0.2) is 20.7 Å². The predicted molar refractivity (Wildman–Crippen MR) is 107 cm³/mol. The fraction of sp³-hybridized carbons (Fsp3) is 0.105. The lowest BCUT2D eigenvalue weighted by molar-refractivity contribution is -0.114. The molecule has 27 heavy (non-hydrogen) atoms. The van der Waals surface area contributed by atoms with E-state index in [1.165, 1.54) is 6.92 Å². The summed E-state index contributed by atoms with van der Waals surface area (Å²) >= 11 is 12.4. The van der Waals surface area contributed by atoms with Gasteiger partial charge >= 0.3 is 0 Å². The van der Waals surface area contributed by atoms with Crippen molar-refractivity contribution in [1.29, 1.82) is 0 Å². The topological polar surface area (TPSA) is 71.8 Å². The van der Waals surface area contributed by atoms with E-state index in [1.807, 2.05) is 54.6 Å². The fourth-order valence-electron chi connectivity index (χ4n) is 2.94. The highest BCUT2D eigenvalue weighted by Gasteiger charge is 2.26.